The van der Waals surface area contributed by atoms with Crippen LogP contribution in [0.1, 0.15) is 18.5 Å². The minimum atomic E-state index is 0.357. The fraction of sp³-hybridized carbons (Fsp3) is 0.333. The number of hydrogen-bond donors (Lipinski definition) is 1. The van der Waals surface area contributed by atoms with Crippen molar-refractivity contribution in [3.8, 4) is 0 Å². The van der Waals surface area contributed by atoms with Gasteiger partial charge in [0.05, 0.1) is 0 Å². The molecule has 0 radical (unpaired) electrons. The predicted octanol–water partition coefficient (Wildman–Crippen LogP) is 3.23. The minimum absolute atomic E-state index is 0.357. The van der Waals surface area contributed by atoms with Gasteiger partial charge in [0, 0.05) is 14.6 Å². The first-order valence-electron chi connectivity index (χ1n) is 3.77. The van der Waals surface area contributed by atoms with E-state index < -0.39 is 0 Å². The predicted molar refractivity (Wildman–Crippen MR) is 61.6 cm³/mol. The van der Waals surface area contributed by atoms with E-state index in [0.29, 0.717) is 6.04 Å². The van der Waals surface area contributed by atoms with Crippen LogP contribution < -0.4 is 5.32 Å². The van der Waals surface area contributed by atoms with Gasteiger partial charge in [-0.15, -0.1) is 0 Å². The van der Waals surface area contributed by atoms with Crippen molar-refractivity contribution in [3.05, 3.63) is 32.4 Å². The van der Waals surface area contributed by atoms with Gasteiger partial charge in [-0.3, -0.25) is 0 Å². The third-order valence-electron chi connectivity index (χ3n) is 1.86. The molecule has 0 unspecified atom stereocenters. The molecule has 0 amide bonds. The summed E-state index contributed by atoms with van der Waals surface area (Å²) in [6.07, 6.45) is 0. The first kappa shape index (κ1) is 10.3. The lowest BCUT2D eigenvalue weighted by atomic mass is 10.1. The topological polar surface area (TPSA) is 12.0 Å². The number of hydrogen-bond acceptors (Lipinski definition) is 1. The summed E-state index contributed by atoms with van der Waals surface area (Å²) in [5.74, 6) is 0. The van der Waals surface area contributed by atoms with Crippen molar-refractivity contribution in [2.45, 2.75) is 13.0 Å². The van der Waals surface area contributed by atoms with E-state index in [4.69, 9.17) is 11.6 Å². The molecule has 1 rings (SSSR count). The molecule has 0 fully saturated rings. The summed E-state index contributed by atoms with van der Waals surface area (Å²) in [5.41, 5.74) is 1.26. The second-order valence-electron chi connectivity index (χ2n) is 2.68. The van der Waals surface area contributed by atoms with Gasteiger partial charge in [0.1, 0.15) is 0 Å². The third kappa shape index (κ3) is 2.34. The van der Waals surface area contributed by atoms with Crippen molar-refractivity contribution in [2.75, 3.05) is 7.05 Å². The first-order chi connectivity index (χ1) is 5.65. The molecule has 0 aliphatic rings. The van der Waals surface area contributed by atoms with E-state index in [1.54, 1.807) is 0 Å². The molecule has 0 heterocycles. The average Bonchev–Trinajstić information content (AvgIpc) is 2.08. The molecule has 0 aliphatic heterocycles. The monoisotopic (exact) mass is 295 g/mol. The first-order valence-corrected chi connectivity index (χ1v) is 5.23. The Morgan fingerprint density at radius 1 is 1.50 bits per heavy atom. The average molecular weight is 296 g/mol. The highest BCUT2D eigenvalue weighted by atomic mass is 127. The minimum Gasteiger partial charge on any atom is -0.313 e. The van der Waals surface area contributed by atoms with Gasteiger partial charge in [-0.05, 0) is 60.3 Å². The Hall–Kier alpha value is 0.200. The molecule has 1 nitrogen and oxygen atoms in total. The zero-order valence-electron chi connectivity index (χ0n) is 7.07. The summed E-state index contributed by atoms with van der Waals surface area (Å²) < 4.78 is 1.25. The van der Waals surface area contributed by atoms with E-state index in [-0.39, 0.29) is 0 Å². The van der Waals surface area contributed by atoms with Crippen LogP contribution in [-0.4, -0.2) is 7.05 Å². The summed E-state index contributed by atoms with van der Waals surface area (Å²) in [6.45, 7) is 2.12. The number of halogens is 2. The van der Waals surface area contributed by atoms with Gasteiger partial charge in [-0.2, -0.15) is 0 Å². The molecule has 1 atom stereocenters. The van der Waals surface area contributed by atoms with E-state index in [0.717, 1.165) is 5.02 Å². The van der Waals surface area contributed by atoms with E-state index in [1.165, 1.54) is 9.13 Å². The Labute approximate surface area is 91.6 Å². The number of benzene rings is 1. The summed E-state index contributed by atoms with van der Waals surface area (Å²) >= 11 is 8.20. The highest BCUT2D eigenvalue weighted by Gasteiger charge is 2.06. The largest absolute Gasteiger partial charge is 0.313 e. The summed E-state index contributed by atoms with van der Waals surface area (Å²) in [6, 6.07) is 6.31. The van der Waals surface area contributed by atoms with Gasteiger partial charge in [0.15, 0.2) is 0 Å². The van der Waals surface area contributed by atoms with Crippen molar-refractivity contribution >= 4 is 34.2 Å². The fourth-order valence-corrected chi connectivity index (χ4v) is 1.99. The molecule has 0 saturated carbocycles. The van der Waals surface area contributed by atoms with Crippen LogP contribution in [0.2, 0.25) is 5.02 Å². The lowest BCUT2D eigenvalue weighted by Gasteiger charge is -2.12. The molecule has 1 aromatic carbocycles. The van der Waals surface area contributed by atoms with E-state index >= 15 is 0 Å². The third-order valence-corrected chi connectivity index (χ3v) is 3.08. The van der Waals surface area contributed by atoms with E-state index in [2.05, 4.69) is 34.8 Å². The molecule has 0 bridgehead atoms. The van der Waals surface area contributed by atoms with Gasteiger partial charge < -0.3 is 5.32 Å². The molecule has 0 spiro atoms. The smallest absolute Gasteiger partial charge is 0.0410 e. The number of rotatable bonds is 2. The Morgan fingerprint density at radius 3 is 2.75 bits per heavy atom. The lowest BCUT2D eigenvalue weighted by Crippen LogP contribution is -2.13. The molecule has 0 saturated heterocycles. The van der Waals surface area contributed by atoms with Gasteiger partial charge in [-0.1, -0.05) is 11.6 Å². The molecule has 1 aromatic rings. The maximum atomic E-state index is 5.89. The van der Waals surface area contributed by atoms with Crippen molar-refractivity contribution in [1.82, 2.24) is 5.32 Å². The molecule has 66 valence electrons. The zero-order valence-corrected chi connectivity index (χ0v) is 9.98. The van der Waals surface area contributed by atoms with E-state index in [9.17, 15) is 0 Å². The van der Waals surface area contributed by atoms with Crippen molar-refractivity contribution in [1.29, 1.82) is 0 Å². The van der Waals surface area contributed by atoms with Crippen LogP contribution in [0.4, 0.5) is 0 Å². The Kier molecular flexibility index (Phi) is 3.80. The van der Waals surface area contributed by atoms with Crippen molar-refractivity contribution in [2.24, 2.45) is 0 Å². The zero-order chi connectivity index (χ0) is 9.14. The summed E-state index contributed by atoms with van der Waals surface area (Å²) in [5, 5.41) is 3.98. The van der Waals surface area contributed by atoms with Gasteiger partial charge in [-0.25, -0.2) is 0 Å². The molecule has 12 heavy (non-hydrogen) atoms. The highest BCUT2D eigenvalue weighted by molar-refractivity contribution is 14.1. The molecule has 0 aliphatic carbocycles. The lowest BCUT2D eigenvalue weighted by molar-refractivity contribution is 0.649. The normalized spacial score (nSPS) is 13.0. The Balaban J connectivity index is 3.04. The SMILES string of the molecule is CN[C@H](C)c1cc(Cl)ccc1I. The second kappa shape index (κ2) is 4.44. The quantitative estimate of drug-likeness (QED) is 0.826. The molecular formula is C9H11ClIN. The van der Waals surface area contributed by atoms with E-state index in [1.807, 2.05) is 25.2 Å². The van der Waals surface area contributed by atoms with Crippen LogP contribution in [0, 0.1) is 3.57 Å². The van der Waals surface area contributed by atoms with Gasteiger partial charge >= 0.3 is 0 Å². The highest BCUT2D eigenvalue weighted by Crippen LogP contribution is 2.23. The Bertz CT molecular complexity index is 275. The summed E-state index contributed by atoms with van der Waals surface area (Å²) in [7, 11) is 1.95. The maximum Gasteiger partial charge on any atom is 0.0410 e. The van der Waals surface area contributed by atoms with Gasteiger partial charge in [0.25, 0.3) is 0 Å². The number of nitrogens with one attached hydrogen (secondary N) is 1. The van der Waals surface area contributed by atoms with Crippen LogP contribution in [0.3, 0.4) is 0 Å². The van der Waals surface area contributed by atoms with Crippen LogP contribution in [0.15, 0.2) is 18.2 Å². The molecular weight excluding hydrogens is 284 g/mol. The van der Waals surface area contributed by atoms with Crippen LogP contribution >= 0.6 is 34.2 Å². The second-order valence-corrected chi connectivity index (χ2v) is 4.27. The molecule has 1 N–H and O–H groups in total. The Morgan fingerprint density at radius 2 is 2.17 bits per heavy atom. The van der Waals surface area contributed by atoms with Crippen LogP contribution in [0.5, 0.6) is 0 Å². The van der Waals surface area contributed by atoms with Gasteiger partial charge in [0.2, 0.25) is 0 Å². The van der Waals surface area contributed by atoms with Crippen LogP contribution in [0.25, 0.3) is 0 Å². The maximum absolute atomic E-state index is 5.89. The fourth-order valence-electron chi connectivity index (χ4n) is 1.00. The van der Waals surface area contributed by atoms with Crippen molar-refractivity contribution in [3.63, 3.8) is 0 Å². The molecule has 0 aromatic heterocycles. The standard InChI is InChI=1S/C9H11ClIN/c1-6(12-2)8-5-7(10)3-4-9(8)11/h3-6,12H,1-2H3/t6-/m1/s1. The molecule has 3 heteroatoms. The summed E-state index contributed by atoms with van der Waals surface area (Å²) in [4.78, 5) is 0. The van der Waals surface area contributed by atoms with Crippen molar-refractivity contribution < 1.29 is 0 Å². The van der Waals surface area contributed by atoms with Crippen LogP contribution in [-0.2, 0) is 0 Å².